The Balaban J connectivity index is 2.31. The van der Waals surface area contributed by atoms with Gasteiger partial charge in [-0.15, -0.1) is 5.10 Å². The zero-order valence-corrected chi connectivity index (χ0v) is 10.8. The fraction of sp³-hybridized carbons (Fsp3) is 0.727. The molecule has 7 heteroatoms. The van der Waals surface area contributed by atoms with Crippen molar-refractivity contribution in [1.82, 2.24) is 14.3 Å². The van der Waals surface area contributed by atoms with Crippen molar-refractivity contribution in [3.8, 4) is 0 Å². The van der Waals surface area contributed by atoms with E-state index in [4.69, 9.17) is 5.73 Å². The van der Waals surface area contributed by atoms with Crippen LogP contribution in [0.4, 0.5) is 5.82 Å². The molecule has 2 N–H and O–H groups in total. The van der Waals surface area contributed by atoms with Crippen LogP contribution >= 0.6 is 0 Å². The molecule has 0 amide bonds. The number of aromatic nitrogens is 3. The molecule has 0 saturated carbocycles. The van der Waals surface area contributed by atoms with Crippen LogP contribution in [0, 0.1) is 5.92 Å². The number of rotatable bonds is 3. The highest BCUT2D eigenvalue weighted by atomic mass is 16.2. The van der Waals surface area contributed by atoms with Crippen LogP contribution in [0.25, 0.3) is 0 Å². The molecule has 0 aliphatic carbocycles. The minimum Gasteiger partial charge on any atom is -0.350 e. The van der Waals surface area contributed by atoms with E-state index in [1.165, 1.54) is 11.7 Å². The molecular weight excluding hydrogens is 234 g/mol. The Morgan fingerprint density at radius 2 is 2.11 bits per heavy atom. The molecule has 0 aromatic carbocycles. The van der Waals surface area contributed by atoms with Crippen LogP contribution < -0.4 is 21.9 Å². The lowest BCUT2D eigenvalue weighted by molar-refractivity contribution is 0.543. The first-order chi connectivity index (χ1) is 8.54. The van der Waals surface area contributed by atoms with Crippen molar-refractivity contribution in [3.05, 3.63) is 20.8 Å². The summed E-state index contributed by atoms with van der Waals surface area (Å²) in [5.41, 5.74) is 4.82. The fourth-order valence-corrected chi connectivity index (χ4v) is 2.38. The van der Waals surface area contributed by atoms with Crippen molar-refractivity contribution < 1.29 is 0 Å². The van der Waals surface area contributed by atoms with Gasteiger partial charge in [-0.05, 0) is 25.3 Å². The first-order valence-electron chi connectivity index (χ1n) is 6.14. The zero-order valence-electron chi connectivity index (χ0n) is 10.8. The summed E-state index contributed by atoms with van der Waals surface area (Å²) in [5.74, 6) is 0.873. The SMILES string of the molecule is Cn1nc(N2CCC(CCN)C2)c(=O)n(C)c1=O. The molecule has 100 valence electrons. The lowest BCUT2D eigenvalue weighted by atomic mass is 10.1. The van der Waals surface area contributed by atoms with Gasteiger partial charge in [-0.2, -0.15) is 0 Å². The smallest absolute Gasteiger partial charge is 0.346 e. The fourth-order valence-electron chi connectivity index (χ4n) is 2.38. The van der Waals surface area contributed by atoms with Gasteiger partial charge in [0.25, 0.3) is 5.56 Å². The maximum atomic E-state index is 12.0. The van der Waals surface area contributed by atoms with E-state index in [-0.39, 0.29) is 5.56 Å². The molecule has 1 atom stereocenters. The summed E-state index contributed by atoms with van der Waals surface area (Å²) >= 11 is 0. The third-order valence-electron chi connectivity index (χ3n) is 3.46. The maximum absolute atomic E-state index is 12.0. The van der Waals surface area contributed by atoms with Gasteiger partial charge in [-0.25, -0.2) is 9.48 Å². The molecule has 1 aromatic heterocycles. The monoisotopic (exact) mass is 253 g/mol. The number of nitrogens with zero attached hydrogens (tertiary/aromatic N) is 4. The largest absolute Gasteiger partial charge is 0.350 e. The number of hydrogen-bond acceptors (Lipinski definition) is 5. The Hall–Kier alpha value is -1.63. The van der Waals surface area contributed by atoms with Crippen LogP contribution in [0.5, 0.6) is 0 Å². The van der Waals surface area contributed by atoms with Gasteiger partial charge in [-0.3, -0.25) is 9.36 Å². The summed E-state index contributed by atoms with van der Waals surface area (Å²) < 4.78 is 2.30. The molecule has 0 bridgehead atoms. The second-order valence-electron chi connectivity index (χ2n) is 4.77. The maximum Gasteiger partial charge on any atom is 0.346 e. The molecule has 0 radical (unpaired) electrons. The highest BCUT2D eigenvalue weighted by molar-refractivity contribution is 5.36. The predicted molar refractivity (Wildman–Crippen MR) is 68.7 cm³/mol. The summed E-state index contributed by atoms with van der Waals surface area (Å²) in [7, 11) is 3.03. The molecule has 1 unspecified atom stereocenters. The summed E-state index contributed by atoms with van der Waals surface area (Å²) in [6.45, 7) is 2.25. The molecule has 1 fully saturated rings. The van der Waals surface area contributed by atoms with Crippen molar-refractivity contribution in [2.24, 2.45) is 25.7 Å². The Kier molecular flexibility index (Phi) is 3.51. The van der Waals surface area contributed by atoms with E-state index >= 15 is 0 Å². The lowest BCUT2D eigenvalue weighted by Crippen LogP contribution is -2.42. The molecule has 0 spiro atoms. The Bertz CT molecular complexity index is 547. The molecule has 1 aliphatic rings. The number of anilines is 1. The van der Waals surface area contributed by atoms with Gasteiger partial charge in [0.15, 0.2) is 0 Å². The molecule has 1 aromatic rings. The van der Waals surface area contributed by atoms with E-state index < -0.39 is 5.69 Å². The van der Waals surface area contributed by atoms with Crippen LogP contribution in [0.15, 0.2) is 9.59 Å². The topological polar surface area (TPSA) is 86.2 Å². The highest BCUT2D eigenvalue weighted by Gasteiger charge is 2.25. The molecule has 1 aliphatic heterocycles. The van der Waals surface area contributed by atoms with Crippen molar-refractivity contribution >= 4 is 5.82 Å². The van der Waals surface area contributed by atoms with Crippen LogP contribution in [-0.4, -0.2) is 34.0 Å². The Morgan fingerprint density at radius 1 is 1.39 bits per heavy atom. The minimum absolute atomic E-state index is 0.327. The first kappa shape index (κ1) is 12.8. The molecule has 2 heterocycles. The van der Waals surface area contributed by atoms with E-state index in [0.717, 1.165) is 30.5 Å². The standard InChI is InChI=1S/C11H19N5O2/c1-14-10(17)9(13-15(2)11(14)18)16-6-4-8(7-16)3-5-12/h8H,3-7,12H2,1-2H3. The van der Waals surface area contributed by atoms with E-state index in [2.05, 4.69) is 5.10 Å². The Labute approximate surface area is 105 Å². The minimum atomic E-state index is -0.401. The summed E-state index contributed by atoms with van der Waals surface area (Å²) in [6.07, 6.45) is 1.98. The van der Waals surface area contributed by atoms with E-state index in [9.17, 15) is 9.59 Å². The van der Waals surface area contributed by atoms with Crippen LogP contribution in [0.2, 0.25) is 0 Å². The zero-order chi connectivity index (χ0) is 13.3. The summed E-state index contributed by atoms with van der Waals surface area (Å²) in [4.78, 5) is 25.5. The van der Waals surface area contributed by atoms with Gasteiger partial charge in [0, 0.05) is 27.2 Å². The van der Waals surface area contributed by atoms with Gasteiger partial charge in [-0.1, -0.05) is 0 Å². The van der Waals surface area contributed by atoms with Crippen LogP contribution in [-0.2, 0) is 14.1 Å². The van der Waals surface area contributed by atoms with Gasteiger partial charge in [0.1, 0.15) is 0 Å². The normalized spacial score (nSPS) is 19.5. The van der Waals surface area contributed by atoms with Crippen molar-refractivity contribution in [1.29, 1.82) is 0 Å². The predicted octanol–water partition coefficient (Wildman–Crippen LogP) is -1.35. The van der Waals surface area contributed by atoms with Crippen LogP contribution in [0.3, 0.4) is 0 Å². The molecule has 7 nitrogen and oxygen atoms in total. The average molecular weight is 253 g/mol. The van der Waals surface area contributed by atoms with Gasteiger partial charge in [0.2, 0.25) is 5.82 Å². The van der Waals surface area contributed by atoms with E-state index in [1.807, 2.05) is 4.90 Å². The number of nitrogens with two attached hydrogens (primary N) is 1. The average Bonchev–Trinajstić information content (AvgIpc) is 2.80. The van der Waals surface area contributed by atoms with Gasteiger partial charge >= 0.3 is 5.69 Å². The van der Waals surface area contributed by atoms with Crippen molar-refractivity contribution in [2.75, 3.05) is 24.5 Å². The third-order valence-corrected chi connectivity index (χ3v) is 3.46. The summed E-state index contributed by atoms with van der Waals surface area (Å²) in [5, 5.41) is 4.08. The summed E-state index contributed by atoms with van der Waals surface area (Å²) in [6, 6.07) is 0. The van der Waals surface area contributed by atoms with Crippen molar-refractivity contribution in [3.63, 3.8) is 0 Å². The van der Waals surface area contributed by atoms with Gasteiger partial charge < -0.3 is 10.6 Å². The first-order valence-corrected chi connectivity index (χ1v) is 6.14. The molecule has 18 heavy (non-hydrogen) atoms. The quantitative estimate of drug-likeness (QED) is 0.720. The van der Waals surface area contributed by atoms with Crippen LogP contribution in [0.1, 0.15) is 12.8 Å². The van der Waals surface area contributed by atoms with E-state index in [0.29, 0.717) is 18.3 Å². The second kappa shape index (κ2) is 4.93. The highest BCUT2D eigenvalue weighted by Crippen LogP contribution is 2.21. The molecule has 1 saturated heterocycles. The lowest BCUT2D eigenvalue weighted by Gasteiger charge is -2.17. The molecule has 2 rings (SSSR count). The van der Waals surface area contributed by atoms with E-state index in [1.54, 1.807) is 7.05 Å². The second-order valence-corrected chi connectivity index (χ2v) is 4.77. The third kappa shape index (κ3) is 2.17. The number of hydrogen-bond donors (Lipinski definition) is 1. The van der Waals surface area contributed by atoms with Crippen molar-refractivity contribution in [2.45, 2.75) is 12.8 Å². The molecular formula is C11H19N5O2. The van der Waals surface area contributed by atoms with Gasteiger partial charge in [0.05, 0.1) is 0 Å². The number of aryl methyl sites for hydroxylation is 1. The Morgan fingerprint density at radius 3 is 2.78 bits per heavy atom.